The third-order valence-electron chi connectivity index (χ3n) is 4.40. The van der Waals surface area contributed by atoms with E-state index in [0.29, 0.717) is 18.2 Å². The van der Waals surface area contributed by atoms with Crippen LogP contribution in [0.4, 0.5) is 8.78 Å². The Morgan fingerprint density at radius 1 is 1.33 bits per heavy atom. The van der Waals surface area contributed by atoms with Gasteiger partial charge in [-0.2, -0.15) is 0 Å². The number of nitrogens with two attached hydrogens (primary N) is 1. The van der Waals surface area contributed by atoms with Crippen LogP contribution in [-0.4, -0.2) is 24.0 Å². The van der Waals surface area contributed by atoms with Gasteiger partial charge in [0, 0.05) is 30.8 Å². The van der Waals surface area contributed by atoms with E-state index in [1.165, 1.54) is 31.4 Å². The van der Waals surface area contributed by atoms with Gasteiger partial charge in [0.2, 0.25) is 0 Å². The van der Waals surface area contributed by atoms with Gasteiger partial charge in [-0.3, -0.25) is 4.90 Å². The molecule has 0 amide bonds. The fourth-order valence-electron chi connectivity index (χ4n) is 3.56. The highest BCUT2D eigenvalue weighted by Gasteiger charge is 2.41. The van der Waals surface area contributed by atoms with Crippen molar-refractivity contribution in [3.8, 4) is 0 Å². The second-order valence-corrected chi connectivity index (χ2v) is 5.45. The topological polar surface area (TPSA) is 29.3 Å². The molecule has 0 aromatic heterocycles. The summed E-state index contributed by atoms with van der Waals surface area (Å²) in [4.78, 5) is 2.31. The standard InChI is InChI=1S/C14H18F2N2/c15-10-2-4-12(13(16)6-10)14(7-17)18-8-9-1-3-11(18)5-9/h2,4,6,9,11,14H,1,3,5,7-8,17H2. The van der Waals surface area contributed by atoms with E-state index in [-0.39, 0.29) is 6.04 Å². The molecule has 4 heteroatoms. The number of fused-ring (bicyclic) bond motifs is 2. The fraction of sp³-hybridized carbons (Fsp3) is 0.571. The van der Waals surface area contributed by atoms with E-state index in [1.807, 2.05) is 0 Å². The second kappa shape index (κ2) is 4.59. The molecule has 2 nitrogen and oxygen atoms in total. The van der Waals surface area contributed by atoms with Gasteiger partial charge in [0.1, 0.15) is 11.6 Å². The number of rotatable bonds is 3. The molecule has 2 aliphatic rings. The molecule has 1 aromatic rings. The van der Waals surface area contributed by atoms with Crippen LogP contribution < -0.4 is 5.73 Å². The maximum absolute atomic E-state index is 13.9. The smallest absolute Gasteiger partial charge is 0.130 e. The van der Waals surface area contributed by atoms with Crippen LogP contribution >= 0.6 is 0 Å². The van der Waals surface area contributed by atoms with E-state index in [4.69, 9.17) is 5.73 Å². The van der Waals surface area contributed by atoms with Crippen LogP contribution in [0.5, 0.6) is 0 Å². The van der Waals surface area contributed by atoms with Gasteiger partial charge in [0.15, 0.2) is 0 Å². The first kappa shape index (κ1) is 12.1. The molecule has 0 radical (unpaired) electrons. The van der Waals surface area contributed by atoms with Crippen LogP contribution in [0, 0.1) is 17.6 Å². The predicted octanol–water partition coefficient (Wildman–Crippen LogP) is 2.45. The van der Waals surface area contributed by atoms with E-state index < -0.39 is 11.6 Å². The van der Waals surface area contributed by atoms with E-state index >= 15 is 0 Å². The van der Waals surface area contributed by atoms with Crippen LogP contribution in [0.25, 0.3) is 0 Å². The highest BCUT2D eigenvalue weighted by atomic mass is 19.1. The molecule has 2 fully saturated rings. The quantitative estimate of drug-likeness (QED) is 0.895. The Hall–Kier alpha value is -1.00. The maximum Gasteiger partial charge on any atom is 0.130 e. The molecule has 0 spiro atoms. The van der Waals surface area contributed by atoms with Gasteiger partial charge < -0.3 is 5.73 Å². The lowest BCUT2D eigenvalue weighted by atomic mass is 10.0. The Balaban J connectivity index is 1.88. The van der Waals surface area contributed by atoms with Crippen molar-refractivity contribution in [3.05, 3.63) is 35.4 Å². The number of halogens is 2. The van der Waals surface area contributed by atoms with Gasteiger partial charge >= 0.3 is 0 Å². The zero-order chi connectivity index (χ0) is 12.7. The monoisotopic (exact) mass is 252 g/mol. The van der Waals surface area contributed by atoms with Crippen molar-refractivity contribution >= 4 is 0 Å². The molecular weight excluding hydrogens is 234 g/mol. The van der Waals surface area contributed by atoms with Crippen molar-refractivity contribution in [1.29, 1.82) is 0 Å². The number of hydrogen-bond donors (Lipinski definition) is 1. The Bertz CT molecular complexity index is 449. The summed E-state index contributed by atoms with van der Waals surface area (Å²) in [5, 5.41) is 0. The van der Waals surface area contributed by atoms with Gasteiger partial charge in [-0.05, 0) is 31.2 Å². The molecule has 1 aliphatic heterocycles. The third-order valence-corrected chi connectivity index (χ3v) is 4.40. The molecule has 3 unspecified atom stereocenters. The van der Waals surface area contributed by atoms with Gasteiger partial charge in [-0.25, -0.2) is 8.78 Å². The number of likely N-dealkylation sites (tertiary alicyclic amines) is 1. The Morgan fingerprint density at radius 3 is 2.72 bits per heavy atom. The molecule has 98 valence electrons. The fourth-order valence-corrected chi connectivity index (χ4v) is 3.56. The minimum Gasteiger partial charge on any atom is -0.329 e. The lowest BCUT2D eigenvalue weighted by Gasteiger charge is -2.34. The molecule has 1 aliphatic carbocycles. The molecule has 1 aromatic carbocycles. The Kier molecular flexibility index (Phi) is 3.08. The summed E-state index contributed by atoms with van der Waals surface area (Å²) < 4.78 is 26.8. The first-order valence-corrected chi connectivity index (χ1v) is 6.60. The molecule has 3 atom stereocenters. The minimum absolute atomic E-state index is 0.110. The van der Waals surface area contributed by atoms with E-state index in [1.54, 1.807) is 0 Å². The molecule has 2 N–H and O–H groups in total. The van der Waals surface area contributed by atoms with Gasteiger partial charge in [-0.15, -0.1) is 0 Å². The second-order valence-electron chi connectivity index (χ2n) is 5.45. The minimum atomic E-state index is -0.532. The lowest BCUT2D eigenvalue weighted by Crippen LogP contribution is -2.39. The first-order valence-electron chi connectivity index (χ1n) is 6.60. The summed E-state index contributed by atoms with van der Waals surface area (Å²) in [6, 6.07) is 4.23. The van der Waals surface area contributed by atoms with Crippen LogP contribution in [0.1, 0.15) is 30.9 Å². The van der Waals surface area contributed by atoms with E-state index in [2.05, 4.69) is 4.90 Å². The third kappa shape index (κ3) is 1.93. The normalized spacial score (nSPS) is 28.8. The molecule has 3 rings (SSSR count). The van der Waals surface area contributed by atoms with Crippen LogP contribution in [0.15, 0.2) is 18.2 Å². The van der Waals surface area contributed by atoms with E-state index in [0.717, 1.165) is 18.5 Å². The van der Waals surface area contributed by atoms with Crippen molar-refractivity contribution in [1.82, 2.24) is 4.90 Å². The number of benzene rings is 1. The molecule has 1 saturated heterocycles. The van der Waals surface area contributed by atoms with Crippen molar-refractivity contribution in [2.75, 3.05) is 13.1 Å². The van der Waals surface area contributed by atoms with Crippen LogP contribution in [0.2, 0.25) is 0 Å². The van der Waals surface area contributed by atoms with Gasteiger partial charge in [0.05, 0.1) is 6.04 Å². The van der Waals surface area contributed by atoms with Crippen molar-refractivity contribution in [3.63, 3.8) is 0 Å². The summed E-state index contributed by atoms with van der Waals surface area (Å²) >= 11 is 0. The average molecular weight is 252 g/mol. The molecule has 1 saturated carbocycles. The lowest BCUT2D eigenvalue weighted by molar-refractivity contribution is 0.150. The summed E-state index contributed by atoms with van der Waals surface area (Å²) in [5.74, 6) is -0.268. The zero-order valence-corrected chi connectivity index (χ0v) is 10.3. The zero-order valence-electron chi connectivity index (χ0n) is 10.3. The van der Waals surface area contributed by atoms with Crippen molar-refractivity contribution in [2.45, 2.75) is 31.3 Å². The average Bonchev–Trinajstić information content (AvgIpc) is 2.95. The number of nitrogens with zero attached hydrogens (tertiary/aromatic N) is 1. The molecular formula is C14H18F2N2. The van der Waals surface area contributed by atoms with Crippen LogP contribution in [-0.2, 0) is 0 Å². The SMILES string of the molecule is NCC(c1ccc(F)cc1F)N1CC2CCC1C2. The predicted molar refractivity (Wildman–Crippen MR) is 66.0 cm³/mol. The highest BCUT2D eigenvalue weighted by molar-refractivity contribution is 5.23. The largest absolute Gasteiger partial charge is 0.329 e. The molecule has 1 heterocycles. The van der Waals surface area contributed by atoms with Gasteiger partial charge in [0.25, 0.3) is 0 Å². The number of hydrogen-bond acceptors (Lipinski definition) is 2. The Labute approximate surface area is 106 Å². The van der Waals surface area contributed by atoms with Crippen LogP contribution in [0.3, 0.4) is 0 Å². The summed E-state index contributed by atoms with van der Waals surface area (Å²) in [5.41, 5.74) is 6.35. The van der Waals surface area contributed by atoms with Crippen molar-refractivity contribution in [2.24, 2.45) is 11.7 Å². The summed E-state index contributed by atoms with van der Waals surface area (Å²) in [7, 11) is 0. The number of piperidine rings is 1. The summed E-state index contributed by atoms with van der Waals surface area (Å²) in [6.07, 6.45) is 3.67. The highest BCUT2D eigenvalue weighted by Crippen LogP contribution is 2.42. The van der Waals surface area contributed by atoms with Crippen molar-refractivity contribution < 1.29 is 8.78 Å². The maximum atomic E-state index is 13.9. The summed E-state index contributed by atoms with van der Waals surface area (Å²) in [6.45, 7) is 1.38. The first-order chi connectivity index (χ1) is 8.69. The molecule has 2 bridgehead atoms. The van der Waals surface area contributed by atoms with E-state index in [9.17, 15) is 8.78 Å². The molecule has 18 heavy (non-hydrogen) atoms. The Morgan fingerprint density at radius 2 is 2.17 bits per heavy atom. The van der Waals surface area contributed by atoms with Gasteiger partial charge in [-0.1, -0.05) is 6.07 Å².